The summed E-state index contributed by atoms with van der Waals surface area (Å²) in [6.07, 6.45) is -3.47. The Morgan fingerprint density at radius 3 is 2.56 bits per heavy atom. The maximum absolute atomic E-state index is 12.8. The van der Waals surface area contributed by atoms with Crippen LogP contribution in [-0.4, -0.2) is 40.4 Å². The van der Waals surface area contributed by atoms with Crippen molar-refractivity contribution >= 4 is 17.3 Å². The van der Waals surface area contributed by atoms with Gasteiger partial charge in [-0.25, -0.2) is 14.8 Å². The maximum Gasteiger partial charge on any atom is 0.433 e. The molecule has 0 amide bonds. The summed E-state index contributed by atoms with van der Waals surface area (Å²) in [5, 5.41) is 9.16. The molecule has 32 heavy (non-hydrogen) atoms. The predicted molar refractivity (Wildman–Crippen MR) is 113 cm³/mol. The van der Waals surface area contributed by atoms with Crippen LogP contribution in [0.15, 0.2) is 48.7 Å². The molecular weight excluding hydrogens is 445 g/mol. The van der Waals surface area contributed by atoms with Crippen molar-refractivity contribution < 1.29 is 32.5 Å². The average Bonchev–Trinajstić information content (AvgIpc) is 3.23. The van der Waals surface area contributed by atoms with Crippen LogP contribution in [0.3, 0.4) is 0 Å². The van der Waals surface area contributed by atoms with Crippen molar-refractivity contribution in [3.05, 3.63) is 64.8 Å². The molecule has 1 N–H and O–H groups in total. The number of carboxylic acids is 1. The minimum absolute atomic E-state index is 0.0410. The van der Waals surface area contributed by atoms with Crippen LogP contribution in [0.1, 0.15) is 23.1 Å². The van der Waals surface area contributed by atoms with E-state index in [4.69, 9.17) is 14.6 Å². The van der Waals surface area contributed by atoms with Gasteiger partial charge in [0.1, 0.15) is 11.4 Å². The Morgan fingerprint density at radius 2 is 1.91 bits per heavy atom. The Morgan fingerprint density at radius 1 is 1.16 bits per heavy atom. The van der Waals surface area contributed by atoms with E-state index in [0.29, 0.717) is 30.3 Å². The van der Waals surface area contributed by atoms with Crippen LogP contribution in [0.4, 0.5) is 13.2 Å². The first-order valence-electron chi connectivity index (χ1n) is 9.81. The van der Waals surface area contributed by atoms with Gasteiger partial charge in [0.2, 0.25) is 0 Å². The Kier molecular flexibility index (Phi) is 7.81. The molecule has 0 aliphatic rings. The quantitative estimate of drug-likeness (QED) is 0.459. The highest BCUT2D eigenvalue weighted by Gasteiger charge is 2.32. The number of halogens is 3. The molecule has 2 heterocycles. The molecule has 0 bridgehead atoms. The molecule has 0 saturated heterocycles. The molecule has 6 nitrogen and oxygen atoms in total. The second kappa shape index (κ2) is 10.6. The predicted octanol–water partition coefficient (Wildman–Crippen LogP) is 4.88. The molecular formula is C22H21F3N2O4S. The van der Waals surface area contributed by atoms with Crippen LogP contribution < -0.4 is 4.74 Å². The third-order valence-electron chi connectivity index (χ3n) is 4.43. The molecule has 3 aromatic rings. The standard InChI is InChI=1S/C22H21F3N2O4S/c1-2-30-17(21(28)29)13-14-3-5-15(6-4-14)31-12-10-16-7-8-18(32-16)20-26-11-9-19(27-20)22(23,24)25/h3-9,11,17H,2,10,12-13H2,1H3,(H,28,29). The van der Waals surface area contributed by atoms with Crippen molar-refractivity contribution in [3.8, 4) is 16.5 Å². The van der Waals surface area contributed by atoms with Crippen LogP contribution in [0.2, 0.25) is 0 Å². The Labute approximate surface area is 186 Å². The number of carboxylic acid groups (broad SMARTS) is 1. The van der Waals surface area contributed by atoms with E-state index in [1.54, 1.807) is 37.3 Å². The molecule has 0 fully saturated rings. The van der Waals surface area contributed by atoms with Gasteiger partial charge < -0.3 is 14.6 Å². The highest BCUT2D eigenvalue weighted by atomic mass is 32.1. The minimum atomic E-state index is -4.52. The summed E-state index contributed by atoms with van der Waals surface area (Å²) < 4.78 is 49.5. The van der Waals surface area contributed by atoms with Crippen molar-refractivity contribution in [2.45, 2.75) is 32.0 Å². The molecule has 0 radical (unpaired) electrons. The zero-order valence-electron chi connectivity index (χ0n) is 17.1. The fraction of sp³-hybridized carbons (Fsp3) is 0.318. The molecule has 3 rings (SSSR count). The summed E-state index contributed by atoms with van der Waals surface area (Å²) in [4.78, 5) is 20.2. The number of aromatic nitrogens is 2. The highest BCUT2D eigenvalue weighted by Crippen LogP contribution is 2.31. The van der Waals surface area contributed by atoms with Gasteiger partial charge in [-0.2, -0.15) is 13.2 Å². The second-order valence-electron chi connectivity index (χ2n) is 6.76. The molecule has 1 aromatic carbocycles. The first-order valence-corrected chi connectivity index (χ1v) is 10.6. The zero-order chi connectivity index (χ0) is 23.1. The lowest BCUT2D eigenvalue weighted by Gasteiger charge is -2.12. The number of thiophene rings is 1. The molecule has 0 aliphatic carbocycles. The lowest BCUT2D eigenvalue weighted by Crippen LogP contribution is -2.26. The minimum Gasteiger partial charge on any atom is -0.493 e. The van der Waals surface area contributed by atoms with E-state index in [1.165, 1.54) is 11.3 Å². The topological polar surface area (TPSA) is 81.5 Å². The monoisotopic (exact) mass is 466 g/mol. The molecule has 10 heteroatoms. The molecule has 0 spiro atoms. The largest absolute Gasteiger partial charge is 0.493 e. The van der Waals surface area contributed by atoms with E-state index in [1.807, 2.05) is 6.07 Å². The number of rotatable bonds is 10. The third kappa shape index (κ3) is 6.51. The number of hydrogen-bond acceptors (Lipinski definition) is 6. The summed E-state index contributed by atoms with van der Waals surface area (Å²) in [5.74, 6) is -0.327. The van der Waals surface area contributed by atoms with E-state index in [0.717, 1.165) is 22.7 Å². The van der Waals surface area contributed by atoms with Gasteiger partial charge in [0.15, 0.2) is 11.9 Å². The number of ether oxygens (including phenoxy) is 2. The van der Waals surface area contributed by atoms with Gasteiger partial charge in [-0.1, -0.05) is 12.1 Å². The van der Waals surface area contributed by atoms with Gasteiger partial charge in [-0.3, -0.25) is 0 Å². The Balaban J connectivity index is 1.53. The number of benzene rings is 1. The van der Waals surface area contributed by atoms with Crippen molar-refractivity contribution in [1.29, 1.82) is 0 Å². The third-order valence-corrected chi connectivity index (χ3v) is 5.57. The lowest BCUT2D eigenvalue weighted by atomic mass is 10.1. The fourth-order valence-electron chi connectivity index (χ4n) is 2.89. The van der Waals surface area contributed by atoms with Crippen molar-refractivity contribution in [2.24, 2.45) is 0 Å². The van der Waals surface area contributed by atoms with Crippen LogP contribution in [0, 0.1) is 0 Å². The summed E-state index contributed by atoms with van der Waals surface area (Å²) in [6, 6.07) is 11.5. The molecule has 0 aliphatic heterocycles. The molecule has 1 unspecified atom stereocenters. The van der Waals surface area contributed by atoms with Crippen LogP contribution >= 0.6 is 11.3 Å². The number of aliphatic carboxylic acids is 1. The first kappa shape index (κ1) is 23.7. The van der Waals surface area contributed by atoms with Gasteiger partial charge in [-0.05, 0) is 42.8 Å². The normalized spacial score (nSPS) is 12.5. The van der Waals surface area contributed by atoms with E-state index in [-0.39, 0.29) is 12.2 Å². The number of carbonyl (C=O) groups is 1. The SMILES string of the molecule is CCOC(Cc1ccc(OCCc2ccc(-c3nccc(C(F)(F)F)n3)s2)cc1)C(=O)O. The highest BCUT2D eigenvalue weighted by molar-refractivity contribution is 7.15. The average molecular weight is 466 g/mol. The Bertz CT molecular complexity index is 1040. The number of hydrogen-bond donors (Lipinski definition) is 1. The van der Waals surface area contributed by atoms with Gasteiger partial charge >= 0.3 is 12.1 Å². The van der Waals surface area contributed by atoms with Crippen LogP contribution in [0.25, 0.3) is 10.7 Å². The molecule has 170 valence electrons. The van der Waals surface area contributed by atoms with E-state index in [2.05, 4.69) is 9.97 Å². The van der Waals surface area contributed by atoms with E-state index >= 15 is 0 Å². The van der Waals surface area contributed by atoms with Crippen molar-refractivity contribution in [1.82, 2.24) is 9.97 Å². The van der Waals surface area contributed by atoms with Gasteiger partial charge in [0, 0.05) is 30.5 Å². The van der Waals surface area contributed by atoms with Crippen LogP contribution in [0.5, 0.6) is 5.75 Å². The summed E-state index contributed by atoms with van der Waals surface area (Å²) in [7, 11) is 0. The maximum atomic E-state index is 12.8. The molecule has 2 aromatic heterocycles. The van der Waals surface area contributed by atoms with Gasteiger partial charge in [0.25, 0.3) is 0 Å². The smallest absolute Gasteiger partial charge is 0.433 e. The Hall–Kier alpha value is -2.98. The summed E-state index contributed by atoms with van der Waals surface area (Å²) in [5.41, 5.74) is -0.151. The van der Waals surface area contributed by atoms with Crippen molar-refractivity contribution in [3.63, 3.8) is 0 Å². The fourth-order valence-corrected chi connectivity index (χ4v) is 3.82. The van der Waals surface area contributed by atoms with Crippen LogP contribution in [-0.2, 0) is 28.5 Å². The number of alkyl halides is 3. The molecule has 1 atom stereocenters. The summed E-state index contributed by atoms with van der Waals surface area (Å²) in [6.45, 7) is 2.44. The van der Waals surface area contributed by atoms with Gasteiger partial charge in [0.05, 0.1) is 11.5 Å². The van der Waals surface area contributed by atoms with E-state index < -0.39 is 23.9 Å². The van der Waals surface area contributed by atoms with E-state index in [9.17, 15) is 18.0 Å². The zero-order valence-corrected chi connectivity index (χ0v) is 17.9. The summed E-state index contributed by atoms with van der Waals surface area (Å²) >= 11 is 1.32. The van der Waals surface area contributed by atoms with Gasteiger partial charge in [-0.15, -0.1) is 11.3 Å². The second-order valence-corrected chi connectivity index (χ2v) is 7.93. The lowest BCUT2D eigenvalue weighted by molar-refractivity contribution is -0.150. The van der Waals surface area contributed by atoms with Crippen molar-refractivity contribution in [2.75, 3.05) is 13.2 Å². The number of nitrogens with zero attached hydrogens (tertiary/aromatic N) is 2. The first-order chi connectivity index (χ1) is 15.3. The molecule has 0 saturated carbocycles.